The average molecular weight is 798 g/mol. The van der Waals surface area contributed by atoms with E-state index in [0.717, 1.165) is 83.2 Å². The minimum atomic E-state index is 0.513. The molecule has 16 atom stereocenters. The molecule has 9 saturated carbocycles. The van der Waals surface area contributed by atoms with Gasteiger partial charge in [-0.25, -0.2) is 0 Å². The van der Waals surface area contributed by atoms with Crippen LogP contribution in [0.4, 0.5) is 0 Å². The molecule has 326 valence electrons. The smallest absolute Gasteiger partial charge is 0.0667 e. The third kappa shape index (κ3) is 7.19. The van der Waals surface area contributed by atoms with Gasteiger partial charge in [-0.1, -0.05) is 83.5 Å². The normalized spacial score (nSPS) is 53.5. The summed E-state index contributed by atoms with van der Waals surface area (Å²) in [6, 6.07) is 2.46. The van der Waals surface area contributed by atoms with Crippen molar-refractivity contribution in [3.05, 3.63) is 0 Å². The topological polar surface area (TPSA) is 30.9 Å². The Morgan fingerprint density at radius 2 is 0.776 bits per heavy atom. The first-order chi connectivity index (χ1) is 28.7. The van der Waals surface area contributed by atoms with E-state index in [1.54, 1.807) is 51.4 Å². The summed E-state index contributed by atoms with van der Waals surface area (Å²) in [4.78, 5) is 3.38. The van der Waals surface area contributed by atoms with Crippen molar-refractivity contribution >= 4 is 0 Å². The summed E-state index contributed by atoms with van der Waals surface area (Å²) in [5, 5.41) is 0. The molecule has 12 fully saturated rings. The van der Waals surface area contributed by atoms with Crippen LogP contribution in [-0.2, 0) is 14.2 Å². The third-order valence-electron chi connectivity index (χ3n) is 21.9. The minimum Gasteiger partial charge on any atom is -0.374 e. The van der Waals surface area contributed by atoms with Gasteiger partial charge in [0.2, 0.25) is 0 Å². The third-order valence-corrected chi connectivity index (χ3v) is 21.9. The van der Waals surface area contributed by atoms with E-state index in [4.69, 9.17) is 14.2 Å². The van der Waals surface area contributed by atoms with Gasteiger partial charge in [-0.2, -0.15) is 0 Å². The van der Waals surface area contributed by atoms with Crippen LogP contribution in [0.5, 0.6) is 0 Å². The zero-order valence-corrected chi connectivity index (χ0v) is 37.1. The average Bonchev–Trinajstić information content (AvgIpc) is 3.99. The SMILES string of the molecule is C1CCC(C2CCCC(C3CCC(N(C4CCC(C5CCCC6C7CCC8OC9CCCCC9C8C7OC56)CC4)C4CCCC5OC6CCCCC6C54)CC3)C2)CC1. The zero-order valence-electron chi connectivity index (χ0n) is 37.1. The van der Waals surface area contributed by atoms with E-state index in [1.807, 2.05) is 0 Å². The highest BCUT2D eigenvalue weighted by Gasteiger charge is 2.61. The van der Waals surface area contributed by atoms with Crippen LogP contribution in [-0.4, -0.2) is 59.6 Å². The molecule has 3 aliphatic heterocycles. The fraction of sp³-hybridized carbons (Fsp3) is 1.00. The second kappa shape index (κ2) is 17.1. The van der Waals surface area contributed by atoms with Crippen molar-refractivity contribution in [1.29, 1.82) is 0 Å². The molecule has 3 saturated heterocycles. The van der Waals surface area contributed by atoms with Crippen LogP contribution in [0.1, 0.15) is 212 Å². The first-order valence-corrected chi connectivity index (χ1v) is 27.5. The van der Waals surface area contributed by atoms with Gasteiger partial charge in [0.15, 0.2) is 0 Å². The molecule has 0 aromatic heterocycles. The minimum absolute atomic E-state index is 0.513. The summed E-state index contributed by atoms with van der Waals surface area (Å²) in [5.41, 5.74) is 0. The Hall–Kier alpha value is -0.160. The lowest BCUT2D eigenvalue weighted by Crippen LogP contribution is -2.58. The van der Waals surface area contributed by atoms with E-state index in [9.17, 15) is 0 Å². The molecule has 0 bridgehead atoms. The van der Waals surface area contributed by atoms with E-state index < -0.39 is 0 Å². The molecule has 0 aromatic carbocycles. The highest BCUT2D eigenvalue weighted by molar-refractivity contribution is 5.09. The predicted octanol–water partition coefficient (Wildman–Crippen LogP) is 13.1. The molecule has 0 aromatic rings. The summed E-state index contributed by atoms with van der Waals surface area (Å²) in [7, 11) is 0. The summed E-state index contributed by atoms with van der Waals surface area (Å²) < 4.78 is 21.5. The molecule has 4 heteroatoms. The first kappa shape index (κ1) is 39.4. The molecule has 16 unspecified atom stereocenters. The highest BCUT2D eigenvalue weighted by Crippen LogP contribution is 2.59. The van der Waals surface area contributed by atoms with Crippen LogP contribution < -0.4 is 0 Å². The van der Waals surface area contributed by atoms with Crippen molar-refractivity contribution in [3.8, 4) is 0 Å². The Balaban J connectivity index is 0.742. The molecule has 12 rings (SSSR count). The lowest BCUT2D eigenvalue weighted by atomic mass is 9.62. The summed E-state index contributed by atoms with van der Waals surface area (Å²) >= 11 is 0. The fourth-order valence-electron chi connectivity index (χ4n) is 19.5. The molecular formula is C54H87NO3. The van der Waals surface area contributed by atoms with Crippen LogP contribution in [0.2, 0.25) is 0 Å². The highest BCUT2D eigenvalue weighted by atomic mass is 16.5. The molecule has 12 aliphatic rings. The van der Waals surface area contributed by atoms with Crippen molar-refractivity contribution in [2.45, 2.75) is 267 Å². The Morgan fingerprint density at radius 3 is 1.50 bits per heavy atom. The standard InChI is InChI=1S/C54H87NO3/c1-2-11-34(12-3-1)37-13-8-14-38(33-37)35-23-27-39(28-24-35)55(46-19-10-22-49-51(46)44-15-4-6-20-47(44)56-49)40-29-25-36(26-30-40)41-17-9-18-42-43-31-32-50-52(54(43)58-53(41)42)45-16-5-7-21-48(45)57-50/h34-54H,1-33H2. The maximum absolute atomic E-state index is 7.56. The maximum Gasteiger partial charge on any atom is 0.0667 e. The van der Waals surface area contributed by atoms with Crippen molar-refractivity contribution < 1.29 is 14.2 Å². The first-order valence-electron chi connectivity index (χ1n) is 27.5. The molecule has 58 heavy (non-hydrogen) atoms. The van der Waals surface area contributed by atoms with Crippen molar-refractivity contribution in [2.75, 3.05) is 0 Å². The maximum atomic E-state index is 7.56. The van der Waals surface area contributed by atoms with Gasteiger partial charge in [-0.3, -0.25) is 4.90 Å². The van der Waals surface area contributed by atoms with Crippen LogP contribution >= 0.6 is 0 Å². The number of rotatable bonds is 6. The van der Waals surface area contributed by atoms with Crippen molar-refractivity contribution in [3.63, 3.8) is 0 Å². The van der Waals surface area contributed by atoms with Gasteiger partial charge in [0.1, 0.15) is 0 Å². The van der Waals surface area contributed by atoms with E-state index in [1.165, 1.54) is 161 Å². The van der Waals surface area contributed by atoms with Gasteiger partial charge >= 0.3 is 0 Å². The Morgan fingerprint density at radius 1 is 0.276 bits per heavy atom. The number of hydrogen-bond acceptors (Lipinski definition) is 4. The summed E-state index contributed by atoms with van der Waals surface area (Å²) in [5.74, 6) is 10.9. The van der Waals surface area contributed by atoms with Crippen LogP contribution in [0.25, 0.3) is 0 Å². The monoisotopic (exact) mass is 798 g/mol. The number of ether oxygens (including phenoxy) is 3. The van der Waals surface area contributed by atoms with Gasteiger partial charge in [-0.15, -0.1) is 0 Å². The second-order valence-corrected chi connectivity index (χ2v) is 24.2. The lowest BCUT2D eigenvalue weighted by Gasteiger charge is -2.53. The molecule has 0 N–H and O–H groups in total. The largest absolute Gasteiger partial charge is 0.374 e. The molecule has 3 heterocycles. The molecule has 4 nitrogen and oxygen atoms in total. The lowest BCUT2D eigenvalue weighted by molar-refractivity contribution is -0.0898. The van der Waals surface area contributed by atoms with Crippen LogP contribution in [0.15, 0.2) is 0 Å². The molecule has 9 aliphatic carbocycles. The number of nitrogens with zero attached hydrogens (tertiary/aromatic N) is 1. The van der Waals surface area contributed by atoms with E-state index in [0.29, 0.717) is 42.5 Å². The van der Waals surface area contributed by atoms with Crippen molar-refractivity contribution in [1.82, 2.24) is 4.90 Å². The Kier molecular flexibility index (Phi) is 11.6. The van der Waals surface area contributed by atoms with E-state index >= 15 is 0 Å². The number of fused-ring (bicyclic) bond motifs is 10. The van der Waals surface area contributed by atoms with Gasteiger partial charge in [0.05, 0.1) is 36.6 Å². The van der Waals surface area contributed by atoms with Crippen LogP contribution in [0.3, 0.4) is 0 Å². The second-order valence-electron chi connectivity index (χ2n) is 24.2. The summed E-state index contributed by atoms with van der Waals surface area (Å²) in [6.07, 6.45) is 51.9. The Bertz CT molecular complexity index is 1360. The Labute approximate surface area is 355 Å². The zero-order chi connectivity index (χ0) is 38.2. The number of hydrogen-bond donors (Lipinski definition) is 0. The molecule has 0 amide bonds. The van der Waals surface area contributed by atoms with E-state index in [-0.39, 0.29) is 0 Å². The van der Waals surface area contributed by atoms with Gasteiger partial charge in [0, 0.05) is 30.0 Å². The van der Waals surface area contributed by atoms with Gasteiger partial charge in [0.25, 0.3) is 0 Å². The predicted molar refractivity (Wildman–Crippen MR) is 233 cm³/mol. The van der Waals surface area contributed by atoms with Crippen molar-refractivity contribution in [2.24, 2.45) is 71.0 Å². The van der Waals surface area contributed by atoms with E-state index in [2.05, 4.69) is 4.90 Å². The molecule has 0 radical (unpaired) electrons. The summed E-state index contributed by atoms with van der Waals surface area (Å²) in [6.45, 7) is 0. The molecule has 0 spiro atoms. The van der Waals surface area contributed by atoms with Gasteiger partial charge in [-0.05, 0) is 188 Å². The van der Waals surface area contributed by atoms with Crippen LogP contribution in [0, 0.1) is 71.0 Å². The quantitative estimate of drug-likeness (QED) is 0.268. The fourth-order valence-corrected chi connectivity index (χ4v) is 19.5. The van der Waals surface area contributed by atoms with Gasteiger partial charge < -0.3 is 14.2 Å². The molecular weight excluding hydrogens is 711 g/mol.